The molecule has 22 heavy (non-hydrogen) atoms. The van der Waals surface area contributed by atoms with E-state index in [0.717, 1.165) is 17.7 Å². The first-order valence-electron chi connectivity index (χ1n) is 8.18. The molecule has 1 aromatic rings. The second kappa shape index (κ2) is 9.26. The minimum absolute atomic E-state index is 0.152. The van der Waals surface area contributed by atoms with Crippen LogP contribution < -0.4 is 10.6 Å². The zero-order valence-corrected chi connectivity index (χ0v) is 13.4. The lowest BCUT2D eigenvalue weighted by Gasteiger charge is -2.14. The lowest BCUT2D eigenvalue weighted by atomic mass is 9.97. The van der Waals surface area contributed by atoms with E-state index in [1.54, 1.807) is 0 Å². The van der Waals surface area contributed by atoms with Gasteiger partial charge in [-0.3, -0.25) is 0 Å². The highest BCUT2D eigenvalue weighted by Gasteiger charge is 2.07. The van der Waals surface area contributed by atoms with Gasteiger partial charge in [0, 0.05) is 24.4 Å². The van der Waals surface area contributed by atoms with Crippen LogP contribution in [0, 0.1) is 0 Å². The van der Waals surface area contributed by atoms with Crippen LogP contribution in [0.25, 0.3) is 0 Å². The maximum atomic E-state index is 12.0. The fraction of sp³-hybridized carbons (Fsp3) is 0.500. The molecule has 0 aromatic heterocycles. The molecular weight excluding hydrogens is 276 g/mol. The molecule has 0 heterocycles. The maximum Gasteiger partial charge on any atom is 0.319 e. The molecular formula is C18H26N2O2. The van der Waals surface area contributed by atoms with Crippen molar-refractivity contribution in [1.29, 1.82) is 0 Å². The number of allylic oxidation sites excluding steroid dienone is 1. The highest BCUT2D eigenvalue weighted by atomic mass is 16.5. The van der Waals surface area contributed by atoms with E-state index in [-0.39, 0.29) is 6.03 Å². The SMILES string of the molecule is CCOCc1ccccc1NC(=O)NCCC1=CCCCC1. The van der Waals surface area contributed by atoms with E-state index in [2.05, 4.69) is 16.7 Å². The number of benzene rings is 1. The fourth-order valence-corrected chi connectivity index (χ4v) is 2.61. The lowest BCUT2D eigenvalue weighted by molar-refractivity contribution is 0.134. The van der Waals surface area contributed by atoms with Crippen molar-refractivity contribution < 1.29 is 9.53 Å². The van der Waals surface area contributed by atoms with Crippen molar-refractivity contribution in [2.75, 3.05) is 18.5 Å². The number of hydrogen-bond acceptors (Lipinski definition) is 2. The normalized spacial score (nSPS) is 14.3. The summed E-state index contributed by atoms with van der Waals surface area (Å²) in [6.45, 7) is 3.82. The third-order valence-corrected chi connectivity index (χ3v) is 3.84. The average Bonchev–Trinajstić information content (AvgIpc) is 2.55. The van der Waals surface area contributed by atoms with Gasteiger partial charge in [0.05, 0.1) is 6.61 Å². The Kier molecular flexibility index (Phi) is 6.97. The zero-order valence-electron chi connectivity index (χ0n) is 13.4. The van der Waals surface area contributed by atoms with E-state index >= 15 is 0 Å². The van der Waals surface area contributed by atoms with Gasteiger partial charge in [-0.2, -0.15) is 0 Å². The second-order valence-corrected chi connectivity index (χ2v) is 5.53. The monoisotopic (exact) mass is 302 g/mol. The molecule has 0 saturated heterocycles. The summed E-state index contributed by atoms with van der Waals surface area (Å²) in [5.74, 6) is 0. The number of carbonyl (C=O) groups excluding carboxylic acids is 1. The van der Waals surface area contributed by atoms with Gasteiger partial charge in [0.15, 0.2) is 0 Å². The van der Waals surface area contributed by atoms with Crippen molar-refractivity contribution in [3.8, 4) is 0 Å². The molecule has 120 valence electrons. The van der Waals surface area contributed by atoms with E-state index in [4.69, 9.17) is 4.74 Å². The largest absolute Gasteiger partial charge is 0.377 e. The van der Waals surface area contributed by atoms with Crippen LogP contribution in [0.15, 0.2) is 35.9 Å². The summed E-state index contributed by atoms with van der Waals surface area (Å²) < 4.78 is 5.42. The van der Waals surface area contributed by atoms with Crippen molar-refractivity contribution in [1.82, 2.24) is 5.32 Å². The predicted molar refractivity (Wildman–Crippen MR) is 90.0 cm³/mol. The van der Waals surface area contributed by atoms with Crippen LogP contribution in [-0.4, -0.2) is 19.2 Å². The van der Waals surface area contributed by atoms with Gasteiger partial charge in [-0.05, 0) is 45.1 Å². The van der Waals surface area contributed by atoms with Crippen LogP contribution in [0.4, 0.5) is 10.5 Å². The Bertz CT molecular complexity index is 512. The Morgan fingerprint density at radius 2 is 2.14 bits per heavy atom. The maximum absolute atomic E-state index is 12.0. The van der Waals surface area contributed by atoms with Crippen LogP contribution in [0.2, 0.25) is 0 Å². The molecule has 1 aliphatic carbocycles. The molecule has 4 nitrogen and oxygen atoms in total. The summed E-state index contributed by atoms with van der Waals surface area (Å²) in [5.41, 5.74) is 3.28. The van der Waals surface area contributed by atoms with Gasteiger partial charge in [0.25, 0.3) is 0 Å². The van der Waals surface area contributed by atoms with Gasteiger partial charge in [0.1, 0.15) is 0 Å². The fourth-order valence-electron chi connectivity index (χ4n) is 2.61. The van der Waals surface area contributed by atoms with E-state index < -0.39 is 0 Å². The molecule has 0 radical (unpaired) electrons. The lowest BCUT2D eigenvalue weighted by Crippen LogP contribution is -2.30. The Morgan fingerprint density at radius 3 is 2.91 bits per heavy atom. The quantitative estimate of drug-likeness (QED) is 0.740. The Hall–Kier alpha value is -1.81. The first kappa shape index (κ1) is 16.6. The third kappa shape index (κ3) is 5.53. The van der Waals surface area contributed by atoms with Crippen molar-refractivity contribution in [3.05, 3.63) is 41.5 Å². The minimum Gasteiger partial charge on any atom is -0.377 e. The smallest absolute Gasteiger partial charge is 0.319 e. The first-order chi connectivity index (χ1) is 10.8. The predicted octanol–water partition coefficient (Wildman–Crippen LogP) is 4.24. The molecule has 4 heteroatoms. The Balaban J connectivity index is 1.77. The molecule has 2 rings (SSSR count). The third-order valence-electron chi connectivity index (χ3n) is 3.84. The number of urea groups is 1. The minimum atomic E-state index is -0.152. The van der Waals surface area contributed by atoms with Gasteiger partial charge in [-0.1, -0.05) is 29.8 Å². The van der Waals surface area contributed by atoms with E-state index in [0.29, 0.717) is 19.8 Å². The highest BCUT2D eigenvalue weighted by molar-refractivity contribution is 5.90. The van der Waals surface area contributed by atoms with Gasteiger partial charge in [-0.15, -0.1) is 0 Å². The van der Waals surface area contributed by atoms with Crippen molar-refractivity contribution >= 4 is 11.7 Å². The number of amides is 2. The van der Waals surface area contributed by atoms with E-state index in [9.17, 15) is 4.79 Å². The van der Waals surface area contributed by atoms with Gasteiger partial charge < -0.3 is 15.4 Å². The molecule has 0 bridgehead atoms. The number of rotatable bonds is 7. The molecule has 0 atom stereocenters. The van der Waals surface area contributed by atoms with Crippen LogP contribution in [0.3, 0.4) is 0 Å². The van der Waals surface area contributed by atoms with Crippen molar-refractivity contribution in [2.24, 2.45) is 0 Å². The topological polar surface area (TPSA) is 50.4 Å². The van der Waals surface area contributed by atoms with Gasteiger partial charge >= 0.3 is 6.03 Å². The molecule has 1 aliphatic rings. The number of carbonyl (C=O) groups is 1. The summed E-state index contributed by atoms with van der Waals surface area (Å²) in [4.78, 5) is 12.0. The number of nitrogens with one attached hydrogen (secondary N) is 2. The standard InChI is InChI=1S/C18H26N2O2/c1-2-22-14-16-10-6-7-11-17(16)20-18(21)19-13-12-15-8-4-3-5-9-15/h6-8,10-11H,2-5,9,12-14H2,1H3,(H2,19,20,21). The summed E-state index contributed by atoms with van der Waals surface area (Å²) in [5, 5.41) is 5.84. The second-order valence-electron chi connectivity index (χ2n) is 5.53. The molecule has 0 unspecified atom stereocenters. The molecule has 0 fully saturated rings. The molecule has 0 spiro atoms. The van der Waals surface area contributed by atoms with E-state index in [1.165, 1.54) is 31.3 Å². The molecule has 0 saturated carbocycles. The molecule has 1 aromatic carbocycles. The van der Waals surface area contributed by atoms with Crippen molar-refractivity contribution in [2.45, 2.75) is 45.6 Å². The zero-order chi connectivity index (χ0) is 15.6. The van der Waals surface area contributed by atoms with Crippen LogP contribution >= 0.6 is 0 Å². The number of ether oxygens (including phenoxy) is 1. The summed E-state index contributed by atoms with van der Waals surface area (Å²) in [6.07, 6.45) is 8.22. The summed E-state index contributed by atoms with van der Waals surface area (Å²) >= 11 is 0. The Labute approximate surface area is 132 Å². The van der Waals surface area contributed by atoms with Crippen LogP contribution in [0.5, 0.6) is 0 Å². The summed E-state index contributed by atoms with van der Waals surface area (Å²) in [7, 11) is 0. The highest BCUT2D eigenvalue weighted by Crippen LogP contribution is 2.19. The van der Waals surface area contributed by atoms with Crippen LogP contribution in [0.1, 0.15) is 44.6 Å². The molecule has 2 N–H and O–H groups in total. The Morgan fingerprint density at radius 1 is 1.27 bits per heavy atom. The average molecular weight is 302 g/mol. The number of anilines is 1. The van der Waals surface area contributed by atoms with Gasteiger partial charge in [0.2, 0.25) is 0 Å². The first-order valence-corrected chi connectivity index (χ1v) is 8.18. The van der Waals surface area contributed by atoms with Gasteiger partial charge in [-0.25, -0.2) is 4.79 Å². The van der Waals surface area contributed by atoms with E-state index in [1.807, 2.05) is 31.2 Å². The van der Waals surface area contributed by atoms with Crippen molar-refractivity contribution in [3.63, 3.8) is 0 Å². The number of para-hydroxylation sites is 1. The van der Waals surface area contributed by atoms with Crippen LogP contribution in [-0.2, 0) is 11.3 Å². The molecule has 0 aliphatic heterocycles. The number of hydrogen-bond donors (Lipinski definition) is 2. The summed E-state index contributed by atoms with van der Waals surface area (Å²) in [6, 6.07) is 7.58. The molecule has 2 amide bonds.